The molecule has 27 heavy (non-hydrogen) atoms. The number of nitrogens with zero attached hydrogens (tertiary/aromatic N) is 2. The number of para-hydroxylation sites is 1. The minimum Gasteiger partial charge on any atom is -0.496 e. The molecule has 0 aliphatic heterocycles. The Morgan fingerprint density at radius 3 is 2.67 bits per heavy atom. The van der Waals surface area contributed by atoms with Crippen LogP contribution in [0.2, 0.25) is 0 Å². The van der Waals surface area contributed by atoms with Gasteiger partial charge in [0, 0.05) is 49.1 Å². The first-order chi connectivity index (χ1) is 12.7. The van der Waals surface area contributed by atoms with E-state index in [-0.39, 0.29) is 24.0 Å². The zero-order valence-corrected chi connectivity index (χ0v) is 19.3. The molecular formula is C20H29IN4OS. The van der Waals surface area contributed by atoms with Crippen molar-refractivity contribution >= 4 is 41.7 Å². The average Bonchev–Trinajstić information content (AvgIpc) is 2.69. The van der Waals surface area contributed by atoms with Gasteiger partial charge in [0.25, 0.3) is 0 Å². The fourth-order valence-corrected chi connectivity index (χ4v) is 3.43. The summed E-state index contributed by atoms with van der Waals surface area (Å²) in [6.07, 6.45) is 2.70. The van der Waals surface area contributed by atoms with E-state index in [1.54, 1.807) is 14.2 Å². The van der Waals surface area contributed by atoms with Gasteiger partial charge in [0.05, 0.1) is 7.11 Å². The number of halogens is 1. The smallest absolute Gasteiger partial charge is 0.190 e. The minimum absolute atomic E-state index is 0. The number of pyridine rings is 1. The van der Waals surface area contributed by atoms with Gasteiger partial charge < -0.3 is 15.4 Å². The molecule has 1 unspecified atom stereocenters. The highest BCUT2D eigenvalue weighted by atomic mass is 127. The summed E-state index contributed by atoms with van der Waals surface area (Å²) in [6.45, 7) is 3.91. The molecule has 7 heteroatoms. The molecule has 0 spiro atoms. The van der Waals surface area contributed by atoms with E-state index in [2.05, 4.69) is 33.6 Å². The van der Waals surface area contributed by atoms with Crippen LogP contribution in [0.25, 0.3) is 0 Å². The second-order valence-electron chi connectivity index (χ2n) is 6.02. The van der Waals surface area contributed by atoms with E-state index < -0.39 is 0 Å². The monoisotopic (exact) mass is 500 g/mol. The third-order valence-electron chi connectivity index (χ3n) is 3.83. The van der Waals surface area contributed by atoms with Crippen molar-refractivity contribution in [1.82, 2.24) is 15.6 Å². The van der Waals surface area contributed by atoms with Gasteiger partial charge in [-0.3, -0.25) is 9.98 Å². The molecule has 2 N–H and O–H groups in total. The Balaban J connectivity index is 0.00000364. The summed E-state index contributed by atoms with van der Waals surface area (Å²) in [5, 5.41) is 6.73. The van der Waals surface area contributed by atoms with Gasteiger partial charge in [-0.05, 0) is 30.2 Å². The minimum atomic E-state index is 0. The summed E-state index contributed by atoms with van der Waals surface area (Å²) in [7, 11) is 3.51. The molecule has 0 bridgehead atoms. The summed E-state index contributed by atoms with van der Waals surface area (Å²) >= 11 is 1.82. The number of thioether (sulfide) groups is 1. The summed E-state index contributed by atoms with van der Waals surface area (Å²) in [6, 6.07) is 14.1. The molecule has 1 aromatic carbocycles. The fraction of sp³-hybridized carbons (Fsp3) is 0.400. The molecule has 1 atom stereocenters. The fourth-order valence-electron chi connectivity index (χ4n) is 2.38. The van der Waals surface area contributed by atoms with Gasteiger partial charge in [0.15, 0.2) is 5.96 Å². The van der Waals surface area contributed by atoms with E-state index in [0.29, 0.717) is 5.92 Å². The Hall–Kier alpha value is -1.48. The number of guanidine groups is 1. The Bertz CT molecular complexity index is 685. The summed E-state index contributed by atoms with van der Waals surface area (Å²) in [5.74, 6) is 3.28. The molecule has 0 fully saturated rings. The van der Waals surface area contributed by atoms with Crippen LogP contribution in [-0.4, -0.2) is 43.9 Å². The number of nitrogens with one attached hydrogen (secondary N) is 2. The SMILES string of the molecule is CN=C(NCCc1ccccn1)NCC(C)CSc1ccccc1OC.I. The molecular weight excluding hydrogens is 471 g/mol. The van der Waals surface area contributed by atoms with E-state index in [1.807, 2.05) is 54.4 Å². The first kappa shape index (κ1) is 23.6. The predicted molar refractivity (Wildman–Crippen MR) is 126 cm³/mol. The standard InChI is InChI=1S/C20H28N4OS.HI/c1-16(15-26-19-10-5-4-9-18(19)25-3)14-24-20(21-2)23-13-11-17-8-6-7-12-22-17;/h4-10,12,16H,11,13-15H2,1-3H3,(H2,21,23,24);1H. The second-order valence-corrected chi connectivity index (χ2v) is 7.08. The molecule has 148 valence electrons. The average molecular weight is 500 g/mol. The third-order valence-corrected chi connectivity index (χ3v) is 5.22. The van der Waals surface area contributed by atoms with E-state index in [4.69, 9.17) is 4.74 Å². The van der Waals surface area contributed by atoms with E-state index in [0.717, 1.165) is 42.7 Å². The molecule has 5 nitrogen and oxygen atoms in total. The van der Waals surface area contributed by atoms with Crippen LogP contribution in [-0.2, 0) is 6.42 Å². The highest BCUT2D eigenvalue weighted by Gasteiger charge is 2.08. The number of hydrogen-bond acceptors (Lipinski definition) is 4. The number of benzene rings is 1. The van der Waals surface area contributed by atoms with E-state index in [1.165, 1.54) is 4.90 Å². The van der Waals surface area contributed by atoms with Crippen LogP contribution < -0.4 is 15.4 Å². The van der Waals surface area contributed by atoms with Crippen LogP contribution >= 0.6 is 35.7 Å². The van der Waals surface area contributed by atoms with Gasteiger partial charge in [-0.1, -0.05) is 25.1 Å². The highest BCUT2D eigenvalue weighted by molar-refractivity contribution is 14.0. The quantitative estimate of drug-likeness (QED) is 0.237. The van der Waals surface area contributed by atoms with Gasteiger partial charge in [-0.25, -0.2) is 0 Å². The van der Waals surface area contributed by atoms with Crippen LogP contribution in [0, 0.1) is 5.92 Å². The first-order valence-corrected chi connectivity index (χ1v) is 9.81. The lowest BCUT2D eigenvalue weighted by molar-refractivity contribution is 0.405. The van der Waals surface area contributed by atoms with E-state index in [9.17, 15) is 0 Å². The van der Waals surface area contributed by atoms with Crippen LogP contribution in [0.3, 0.4) is 0 Å². The maximum atomic E-state index is 5.40. The normalized spacial score (nSPS) is 12.0. The second kappa shape index (κ2) is 13.7. The molecule has 0 aliphatic carbocycles. The molecule has 0 saturated heterocycles. The van der Waals surface area contributed by atoms with Gasteiger partial charge in [-0.2, -0.15) is 0 Å². The molecule has 0 saturated carbocycles. The van der Waals surface area contributed by atoms with Crippen molar-refractivity contribution in [2.75, 3.05) is 33.0 Å². The third kappa shape index (κ3) is 8.83. The Kier molecular flexibility index (Phi) is 11.9. The molecule has 2 rings (SSSR count). The van der Waals surface area contributed by atoms with Gasteiger partial charge in [-0.15, -0.1) is 35.7 Å². The number of rotatable bonds is 9. The highest BCUT2D eigenvalue weighted by Crippen LogP contribution is 2.29. The van der Waals surface area contributed by atoms with Crippen LogP contribution in [0.5, 0.6) is 5.75 Å². The molecule has 0 aliphatic rings. The van der Waals surface area contributed by atoms with Crippen molar-refractivity contribution in [3.05, 3.63) is 54.4 Å². The summed E-state index contributed by atoms with van der Waals surface area (Å²) in [5.41, 5.74) is 1.08. The lowest BCUT2D eigenvalue weighted by atomic mass is 10.2. The maximum Gasteiger partial charge on any atom is 0.190 e. The van der Waals surface area contributed by atoms with Crippen LogP contribution in [0.1, 0.15) is 12.6 Å². The summed E-state index contributed by atoms with van der Waals surface area (Å²) in [4.78, 5) is 9.79. The molecule has 1 aromatic heterocycles. The largest absolute Gasteiger partial charge is 0.496 e. The Morgan fingerprint density at radius 1 is 1.19 bits per heavy atom. The van der Waals surface area contributed by atoms with Gasteiger partial charge >= 0.3 is 0 Å². The Labute approximate surface area is 183 Å². The van der Waals surface area contributed by atoms with Crippen molar-refractivity contribution < 1.29 is 4.74 Å². The van der Waals surface area contributed by atoms with Crippen molar-refractivity contribution in [1.29, 1.82) is 0 Å². The number of aromatic nitrogens is 1. The maximum absolute atomic E-state index is 5.40. The molecule has 0 radical (unpaired) electrons. The summed E-state index contributed by atoms with van der Waals surface area (Å²) < 4.78 is 5.40. The Morgan fingerprint density at radius 2 is 1.96 bits per heavy atom. The van der Waals surface area contributed by atoms with E-state index >= 15 is 0 Å². The molecule has 1 heterocycles. The number of hydrogen-bond donors (Lipinski definition) is 2. The predicted octanol–water partition coefficient (Wildman–Crippen LogP) is 3.84. The zero-order chi connectivity index (χ0) is 18.6. The zero-order valence-electron chi connectivity index (χ0n) is 16.1. The molecule has 0 amide bonds. The van der Waals surface area contributed by atoms with Crippen molar-refractivity contribution in [3.63, 3.8) is 0 Å². The van der Waals surface area contributed by atoms with Crippen molar-refractivity contribution in [2.45, 2.75) is 18.2 Å². The number of ether oxygens (including phenoxy) is 1. The van der Waals surface area contributed by atoms with Crippen molar-refractivity contribution in [3.8, 4) is 5.75 Å². The van der Waals surface area contributed by atoms with Crippen LogP contribution in [0.15, 0.2) is 58.5 Å². The van der Waals surface area contributed by atoms with Gasteiger partial charge in [0.2, 0.25) is 0 Å². The van der Waals surface area contributed by atoms with Crippen molar-refractivity contribution in [2.24, 2.45) is 10.9 Å². The first-order valence-electron chi connectivity index (χ1n) is 8.83. The van der Waals surface area contributed by atoms with Gasteiger partial charge in [0.1, 0.15) is 5.75 Å². The molecule has 2 aromatic rings. The number of aliphatic imine (C=N–C) groups is 1. The number of methoxy groups -OCH3 is 1. The van der Waals surface area contributed by atoms with Crippen LogP contribution in [0.4, 0.5) is 0 Å². The lowest BCUT2D eigenvalue weighted by Crippen LogP contribution is -2.40. The lowest BCUT2D eigenvalue weighted by Gasteiger charge is -2.16. The topological polar surface area (TPSA) is 58.5 Å².